The van der Waals surface area contributed by atoms with E-state index in [-0.39, 0.29) is 5.92 Å². The Labute approximate surface area is 252 Å². The molecule has 0 bridgehead atoms. The van der Waals surface area contributed by atoms with Crippen LogP contribution < -0.4 is 0 Å². The van der Waals surface area contributed by atoms with E-state index in [1.807, 2.05) is 0 Å². The summed E-state index contributed by atoms with van der Waals surface area (Å²) in [6, 6.07) is 10.8. The van der Waals surface area contributed by atoms with E-state index in [2.05, 4.69) is 68.0 Å². The molecule has 4 nitrogen and oxygen atoms in total. The summed E-state index contributed by atoms with van der Waals surface area (Å²) in [5.74, 6) is 2.31. The lowest BCUT2D eigenvalue weighted by molar-refractivity contribution is 0.562. The SMILES string of the molecule is CCCCCCCCCCCc1nc(C(c2ccccc2)c2nc(CCCCCCCCCCC)[nH]c2C)c(C)[nH]1. The smallest absolute Gasteiger partial charge is 0.106 e. The monoisotopic (exact) mass is 560 g/mol. The lowest BCUT2D eigenvalue weighted by atomic mass is 9.90. The van der Waals surface area contributed by atoms with Gasteiger partial charge >= 0.3 is 0 Å². The van der Waals surface area contributed by atoms with Crippen LogP contribution in [-0.4, -0.2) is 19.9 Å². The summed E-state index contributed by atoms with van der Waals surface area (Å²) in [5, 5.41) is 0. The third-order valence-electron chi connectivity index (χ3n) is 8.66. The van der Waals surface area contributed by atoms with Crippen molar-refractivity contribution in [2.45, 2.75) is 162 Å². The van der Waals surface area contributed by atoms with Crippen LogP contribution in [0.4, 0.5) is 0 Å². The van der Waals surface area contributed by atoms with Gasteiger partial charge in [0, 0.05) is 24.2 Å². The van der Waals surface area contributed by atoms with Crippen LogP contribution in [0.1, 0.15) is 175 Å². The first-order valence-corrected chi connectivity index (χ1v) is 17.3. The van der Waals surface area contributed by atoms with Crippen LogP contribution in [0.25, 0.3) is 0 Å². The lowest BCUT2D eigenvalue weighted by Gasteiger charge is -2.15. The molecule has 2 N–H and O–H groups in total. The van der Waals surface area contributed by atoms with E-state index < -0.39 is 0 Å². The number of nitrogens with one attached hydrogen (secondary N) is 2. The predicted molar refractivity (Wildman–Crippen MR) is 176 cm³/mol. The Morgan fingerprint density at radius 3 is 1.27 bits per heavy atom. The number of H-pyrrole nitrogens is 2. The Morgan fingerprint density at radius 1 is 0.512 bits per heavy atom. The van der Waals surface area contributed by atoms with Crippen molar-refractivity contribution in [2.24, 2.45) is 0 Å². The summed E-state index contributed by atoms with van der Waals surface area (Å²) < 4.78 is 0. The fraction of sp³-hybridized carbons (Fsp3) is 0.676. The van der Waals surface area contributed by atoms with Crippen LogP contribution in [0.3, 0.4) is 0 Å². The second-order valence-corrected chi connectivity index (χ2v) is 12.4. The van der Waals surface area contributed by atoms with Gasteiger partial charge in [-0.05, 0) is 32.3 Å². The second kappa shape index (κ2) is 19.7. The van der Waals surface area contributed by atoms with Crippen LogP contribution in [0, 0.1) is 13.8 Å². The standard InChI is InChI=1S/C37H60N4/c1-5-7-9-11-13-15-17-19-24-28-33-38-30(3)36(40-33)35(32-26-22-21-23-27-32)37-31(4)39-34(41-37)29-25-20-18-16-14-12-10-8-6-2/h21-23,26-27,35H,5-20,24-25,28-29H2,1-4H3,(H,38,40)(H,39,41). The van der Waals surface area contributed by atoms with E-state index in [1.54, 1.807) is 0 Å². The molecule has 0 aliphatic carbocycles. The van der Waals surface area contributed by atoms with Gasteiger partial charge in [-0.2, -0.15) is 0 Å². The van der Waals surface area contributed by atoms with Gasteiger partial charge in [0.1, 0.15) is 11.6 Å². The van der Waals surface area contributed by atoms with Crippen molar-refractivity contribution in [3.05, 3.63) is 70.3 Å². The molecule has 0 unspecified atom stereocenters. The highest BCUT2D eigenvalue weighted by molar-refractivity contribution is 5.41. The van der Waals surface area contributed by atoms with Crippen LogP contribution in [0.15, 0.2) is 30.3 Å². The van der Waals surface area contributed by atoms with E-state index in [9.17, 15) is 0 Å². The molecular formula is C37H60N4. The van der Waals surface area contributed by atoms with Crippen molar-refractivity contribution in [2.75, 3.05) is 0 Å². The molecule has 0 saturated carbocycles. The molecule has 0 fully saturated rings. The van der Waals surface area contributed by atoms with Crippen molar-refractivity contribution in [1.29, 1.82) is 0 Å². The van der Waals surface area contributed by atoms with Crippen LogP contribution in [0.5, 0.6) is 0 Å². The van der Waals surface area contributed by atoms with Crippen molar-refractivity contribution in [3.63, 3.8) is 0 Å². The molecule has 2 aromatic heterocycles. The minimum absolute atomic E-state index is 0.0532. The van der Waals surface area contributed by atoms with Gasteiger partial charge in [-0.15, -0.1) is 0 Å². The number of rotatable bonds is 23. The summed E-state index contributed by atoms with van der Waals surface area (Å²) in [5.41, 5.74) is 5.87. The lowest BCUT2D eigenvalue weighted by Crippen LogP contribution is -2.08. The number of benzene rings is 1. The Bertz CT molecular complexity index is 998. The average molecular weight is 561 g/mol. The van der Waals surface area contributed by atoms with E-state index in [4.69, 9.17) is 9.97 Å². The van der Waals surface area contributed by atoms with Gasteiger partial charge in [0.15, 0.2) is 0 Å². The van der Waals surface area contributed by atoms with Crippen molar-refractivity contribution in [1.82, 2.24) is 19.9 Å². The summed E-state index contributed by atoms with van der Waals surface area (Å²) in [7, 11) is 0. The van der Waals surface area contributed by atoms with Crippen molar-refractivity contribution in [3.8, 4) is 0 Å². The maximum absolute atomic E-state index is 5.19. The maximum Gasteiger partial charge on any atom is 0.106 e. The number of aromatic nitrogens is 4. The van der Waals surface area contributed by atoms with Gasteiger partial charge in [-0.1, -0.05) is 147 Å². The van der Waals surface area contributed by atoms with Gasteiger partial charge in [0.25, 0.3) is 0 Å². The molecule has 0 spiro atoms. The highest BCUT2D eigenvalue weighted by atomic mass is 15.0. The van der Waals surface area contributed by atoms with E-state index in [1.165, 1.54) is 133 Å². The van der Waals surface area contributed by atoms with Gasteiger partial charge in [0.2, 0.25) is 0 Å². The number of imidazole rings is 2. The number of aromatic amines is 2. The van der Waals surface area contributed by atoms with E-state index in [0.29, 0.717) is 0 Å². The Balaban J connectivity index is 1.56. The molecule has 2 heterocycles. The third kappa shape index (κ3) is 11.8. The molecule has 0 saturated heterocycles. The molecule has 0 aliphatic rings. The van der Waals surface area contributed by atoms with Crippen molar-refractivity contribution < 1.29 is 0 Å². The highest BCUT2D eigenvalue weighted by Gasteiger charge is 2.26. The highest BCUT2D eigenvalue weighted by Crippen LogP contribution is 2.34. The summed E-state index contributed by atoms with van der Waals surface area (Å²) in [4.78, 5) is 17.7. The number of hydrogen-bond acceptors (Lipinski definition) is 2. The quantitative estimate of drug-likeness (QED) is 0.113. The van der Waals surface area contributed by atoms with Gasteiger partial charge in [-0.3, -0.25) is 0 Å². The predicted octanol–water partition coefficient (Wildman–Crippen LogP) is 11.1. The number of unbranched alkanes of at least 4 members (excludes halogenated alkanes) is 16. The average Bonchev–Trinajstić information content (AvgIpc) is 3.53. The van der Waals surface area contributed by atoms with Crippen LogP contribution in [-0.2, 0) is 12.8 Å². The van der Waals surface area contributed by atoms with Crippen molar-refractivity contribution >= 4 is 0 Å². The molecule has 1 aromatic carbocycles. The normalized spacial score (nSPS) is 11.6. The minimum Gasteiger partial charge on any atom is -0.346 e. The zero-order valence-electron chi connectivity index (χ0n) is 27.0. The molecule has 3 rings (SSSR count). The molecule has 3 aromatic rings. The fourth-order valence-electron chi connectivity index (χ4n) is 6.17. The first-order chi connectivity index (χ1) is 20.1. The molecule has 0 radical (unpaired) electrons. The zero-order valence-corrected chi connectivity index (χ0v) is 27.0. The molecule has 4 heteroatoms. The summed E-state index contributed by atoms with van der Waals surface area (Å²) in [6.45, 7) is 8.94. The molecule has 228 valence electrons. The second-order valence-electron chi connectivity index (χ2n) is 12.4. The maximum atomic E-state index is 5.19. The topological polar surface area (TPSA) is 57.4 Å². The van der Waals surface area contributed by atoms with E-state index >= 15 is 0 Å². The third-order valence-corrected chi connectivity index (χ3v) is 8.66. The van der Waals surface area contributed by atoms with Gasteiger partial charge in [0.05, 0.1) is 17.3 Å². The first kappa shape index (κ1) is 33.1. The molecule has 0 aliphatic heterocycles. The molecule has 41 heavy (non-hydrogen) atoms. The summed E-state index contributed by atoms with van der Waals surface area (Å²) >= 11 is 0. The van der Waals surface area contributed by atoms with Gasteiger partial charge < -0.3 is 9.97 Å². The number of aryl methyl sites for hydroxylation is 4. The number of hydrogen-bond donors (Lipinski definition) is 2. The van der Waals surface area contributed by atoms with Crippen LogP contribution >= 0.6 is 0 Å². The van der Waals surface area contributed by atoms with E-state index in [0.717, 1.165) is 35.9 Å². The first-order valence-electron chi connectivity index (χ1n) is 17.3. The van der Waals surface area contributed by atoms with Crippen LogP contribution in [0.2, 0.25) is 0 Å². The Hall–Kier alpha value is -2.36. The molecule has 0 atom stereocenters. The van der Waals surface area contributed by atoms with Gasteiger partial charge in [-0.25, -0.2) is 9.97 Å². The fourth-order valence-corrected chi connectivity index (χ4v) is 6.17. The molecular weight excluding hydrogens is 500 g/mol. The largest absolute Gasteiger partial charge is 0.346 e. The molecule has 0 amide bonds. The Kier molecular flexibility index (Phi) is 15.9. The Morgan fingerprint density at radius 2 is 0.878 bits per heavy atom. The summed E-state index contributed by atoms with van der Waals surface area (Å²) in [6.07, 6.45) is 26.4. The zero-order chi connectivity index (χ0) is 29.1. The minimum atomic E-state index is 0.0532. The number of nitrogens with zero attached hydrogens (tertiary/aromatic N) is 2.